The van der Waals surface area contributed by atoms with Crippen LogP contribution >= 0.6 is 0 Å². The number of hydrogen-bond donors (Lipinski definition) is 0. The van der Waals surface area contributed by atoms with Crippen molar-refractivity contribution in [2.75, 3.05) is 6.61 Å². The van der Waals surface area contributed by atoms with E-state index in [1.165, 1.54) is 109 Å². The quantitative estimate of drug-likeness (QED) is 0.0516. The molecule has 0 aromatic carbocycles. The highest BCUT2D eigenvalue weighted by Crippen LogP contribution is 2.22. The van der Waals surface area contributed by atoms with E-state index in [9.17, 15) is 4.79 Å². The average molecular weight is 561 g/mol. The van der Waals surface area contributed by atoms with Gasteiger partial charge in [0.2, 0.25) is 0 Å². The van der Waals surface area contributed by atoms with Crippen LogP contribution in [0.4, 0.5) is 0 Å². The van der Waals surface area contributed by atoms with Gasteiger partial charge >= 0.3 is 5.97 Å². The Morgan fingerprint density at radius 1 is 0.550 bits per heavy atom. The van der Waals surface area contributed by atoms with E-state index in [1.807, 2.05) is 0 Å². The fraction of sp³-hybridized carbons (Fsp3) is 0.868. The third kappa shape index (κ3) is 29.9. The summed E-state index contributed by atoms with van der Waals surface area (Å²) in [5.74, 6) is 3.24. The summed E-state index contributed by atoms with van der Waals surface area (Å²) >= 11 is 0. The number of esters is 1. The molecule has 3 atom stereocenters. The first kappa shape index (κ1) is 39.0. The Morgan fingerprint density at radius 2 is 1.02 bits per heavy atom. The largest absolute Gasteiger partial charge is 0.466 e. The van der Waals surface area contributed by atoms with Gasteiger partial charge in [-0.1, -0.05) is 156 Å². The van der Waals surface area contributed by atoms with E-state index in [0.717, 1.165) is 43.4 Å². The minimum atomic E-state index is 0.00457. The molecule has 236 valence electrons. The molecule has 0 aliphatic heterocycles. The minimum absolute atomic E-state index is 0.00457. The summed E-state index contributed by atoms with van der Waals surface area (Å²) in [4.78, 5) is 12.1. The van der Waals surface area contributed by atoms with E-state index in [2.05, 4.69) is 65.8 Å². The van der Waals surface area contributed by atoms with E-state index in [4.69, 9.17) is 4.74 Å². The van der Waals surface area contributed by atoms with Crippen LogP contribution < -0.4 is 0 Å². The van der Waals surface area contributed by atoms with Crippen LogP contribution in [-0.2, 0) is 9.53 Å². The van der Waals surface area contributed by atoms with Gasteiger partial charge in [-0.2, -0.15) is 0 Å². The van der Waals surface area contributed by atoms with Gasteiger partial charge in [0, 0.05) is 6.42 Å². The fourth-order valence-electron chi connectivity index (χ4n) is 5.46. The first-order valence-electron chi connectivity index (χ1n) is 17.8. The maximum Gasteiger partial charge on any atom is 0.305 e. The molecule has 0 bridgehead atoms. The van der Waals surface area contributed by atoms with E-state index >= 15 is 0 Å². The van der Waals surface area contributed by atoms with Crippen LogP contribution in [0.5, 0.6) is 0 Å². The molecule has 3 unspecified atom stereocenters. The molecule has 0 radical (unpaired) electrons. The molecule has 0 aromatic heterocycles. The molecule has 0 N–H and O–H groups in total. The molecule has 2 nitrogen and oxygen atoms in total. The number of hydrogen-bond acceptors (Lipinski definition) is 2. The summed E-state index contributed by atoms with van der Waals surface area (Å²) < 4.78 is 5.52. The molecule has 0 aliphatic rings. The minimum Gasteiger partial charge on any atom is -0.466 e. The predicted molar refractivity (Wildman–Crippen MR) is 179 cm³/mol. The summed E-state index contributed by atoms with van der Waals surface area (Å²) in [7, 11) is 0. The summed E-state index contributed by atoms with van der Waals surface area (Å²) in [6, 6.07) is 0. The normalized spacial score (nSPS) is 14.4. The van der Waals surface area contributed by atoms with Gasteiger partial charge in [-0.05, 0) is 68.6 Å². The monoisotopic (exact) mass is 561 g/mol. The SMILES string of the molecule is CCCCCC=CCC=CCCCCCCCC(=O)OCCC(C)CCCC(C)CCCC(C)CCCC(C)C. The number of rotatable bonds is 29. The molecule has 0 amide bonds. The summed E-state index contributed by atoms with van der Waals surface area (Å²) in [5.41, 5.74) is 0. The lowest BCUT2D eigenvalue weighted by Gasteiger charge is -2.16. The average Bonchev–Trinajstić information content (AvgIpc) is 2.90. The number of ether oxygens (including phenoxy) is 1. The Balaban J connectivity index is 3.52. The van der Waals surface area contributed by atoms with Gasteiger partial charge in [-0.15, -0.1) is 0 Å². The maximum absolute atomic E-state index is 12.1. The van der Waals surface area contributed by atoms with Crippen molar-refractivity contribution in [3.05, 3.63) is 24.3 Å². The predicted octanol–water partition coefficient (Wildman–Crippen LogP) is 12.8. The molecule has 40 heavy (non-hydrogen) atoms. The number of unbranched alkanes of at least 4 members (excludes halogenated alkanes) is 8. The molecule has 0 spiro atoms. The number of carbonyl (C=O) groups excluding carboxylic acids is 1. The third-order valence-corrected chi connectivity index (χ3v) is 8.47. The van der Waals surface area contributed by atoms with Gasteiger partial charge < -0.3 is 4.74 Å². The van der Waals surface area contributed by atoms with Crippen molar-refractivity contribution in [2.24, 2.45) is 23.7 Å². The van der Waals surface area contributed by atoms with Crippen molar-refractivity contribution in [2.45, 2.75) is 183 Å². The molecule has 0 fully saturated rings. The van der Waals surface area contributed by atoms with Crippen molar-refractivity contribution in [3.8, 4) is 0 Å². The highest BCUT2D eigenvalue weighted by atomic mass is 16.5. The molecule has 0 aliphatic carbocycles. The Morgan fingerprint density at radius 3 is 1.57 bits per heavy atom. The molecule has 0 rings (SSSR count). The topological polar surface area (TPSA) is 26.3 Å². The van der Waals surface area contributed by atoms with Crippen molar-refractivity contribution in [1.82, 2.24) is 0 Å². The lowest BCUT2D eigenvalue weighted by molar-refractivity contribution is -0.144. The Bertz CT molecular complexity index is 590. The number of carbonyl (C=O) groups is 1. The molecule has 2 heteroatoms. The Kier molecular flexibility index (Phi) is 28.7. The second kappa shape index (κ2) is 29.4. The maximum atomic E-state index is 12.1. The van der Waals surface area contributed by atoms with E-state index in [-0.39, 0.29) is 5.97 Å². The molecule has 0 saturated carbocycles. The van der Waals surface area contributed by atoms with Crippen LogP contribution in [0, 0.1) is 23.7 Å². The number of allylic oxidation sites excluding steroid dienone is 4. The van der Waals surface area contributed by atoms with Crippen LogP contribution in [0.25, 0.3) is 0 Å². The zero-order valence-electron chi connectivity index (χ0n) is 28.2. The third-order valence-electron chi connectivity index (χ3n) is 8.47. The van der Waals surface area contributed by atoms with Gasteiger partial charge in [0.05, 0.1) is 6.61 Å². The summed E-state index contributed by atoms with van der Waals surface area (Å²) in [5, 5.41) is 0. The highest BCUT2D eigenvalue weighted by molar-refractivity contribution is 5.69. The first-order chi connectivity index (χ1) is 19.3. The fourth-order valence-corrected chi connectivity index (χ4v) is 5.46. The molecule has 0 saturated heterocycles. The van der Waals surface area contributed by atoms with Crippen molar-refractivity contribution >= 4 is 5.97 Å². The zero-order chi connectivity index (χ0) is 29.7. The van der Waals surface area contributed by atoms with Crippen molar-refractivity contribution in [3.63, 3.8) is 0 Å². The second-order valence-electron chi connectivity index (χ2n) is 13.5. The first-order valence-corrected chi connectivity index (χ1v) is 17.8. The summed E-state index contributed by atoms with van der Waals surface area (Å²) in [6.45, 7) is 14.7. The van der Waals surface area contributed by atoms with E-state index < -0.39 is 0 Å². The summed E-state index contributed by atoms with van der Waals surface area (Å²) in [6.07, 6.45) is 36.5. The van der Waals surface area contributed by atoms with Crippen LogP contribution in [0.15, 0.2) is 24.3 Å². The highest BCUT2D eigenvalue weighted by Gasteiger charge is 2.09. The van der Waals surface area contributed by atoms with E-state index in [0.29, 0.717) is 18.9 Å². The van der Waals surface area contributed by atoms with Crippen molar-refractivity contribution < 1.29 is 9.53 Å². The Hall–Kier alpha value is -1.05. The smallest absolute Gasteiger partial charge is 0.305 e. The van der Waals surface area contributed by atoms with Gasteiger partial charge in [0.25, 0.3) is 0 Å². The van der Waals surface area contributed by atoms with Gasteiger partial charge in [0.1, 0.15) is 0 Å². The Labute approximate surface area is 252 Å². The molecule has 0 aromatic rings. The molecular formula is C38H72O2. The lowest BCUT2D eigenvalue weighted by atomic mass is 9.91. The lowest BCUT2D eigenvalue weighted by Crippen LogP contribution is -2.09. The standard InChI is InChI=1S/C38H72O2/c1-7-8-9-10-11-12-13-14-15-16-17-18-19-20-21-31-38(39)40-33-32-37(6)30-24-29-36(5)28-23-27-35(4)26-22-25-34(2)3/h11-12,14-15,34-37H,7-10,13,16-33H2,1-6H3. The zero-order valence-corrected chi connectivity index (χ0v) is 28.2. The molecule has 0 heterocycles. The second-order valence-corrected chi connectivity index (χ2v) is 13.5. The van der Waals surface area contributed by atoms with Gasteiger partial charge in [-0.3, -0.25) is 4.79 Å². The van der Waals surface area contributed by atoms with Crippen molar-refractivity contribution in [1.29, 1.82) is 0 Å². The van der Waals surface area contributed by atoms with E-state index in [1.54, 1.807) is 0 Å². The van der Waals surface area contributed by atoms with Crippen LogP contribution in [0.3, 0.4) is 0 Å². The van der Waals surface area contributed by atoms with Gasteiger partial charge in [-0.25, -0.2) is 0 Å². The molecular weight excluding hydrogens is 488 g/mol. The van der Waals surface area contributed by atoms with Crippen LogP contribution in [0.1, 0.15) is 183 Å². The van der Waals surface area contributed by atoms with Gasteiger partial charge in [0.15, 0.2) is 0 Å². The van der Waals surface area contributed by atoms with Crippen LogP contribution in [0.2, 0.25) is 0 Å². The van der Waals surface area contributed by atoms with Crippen LogP contribution in [-0.4, -0.2) is 12.6 Å².